The van der Waals surface area contributed by atoms with Crippen molar-refractivity contribution >= 4 is 11.9 Å². The van der Waals surface area contributed by atoms with Gasteiger partial charge < -0.3 is 14.2 Å². The van der Waals surface area contributed by atoms with E-state index in [0.29, 0.717) is 11.5 Å². The number of fused-ring (bicyclic) bond motifs is 1. The van der Waals surface area contributed by atoms with E-state index in [1.165, 1.54) is 6.92 Å². The van der Waals surface area contributed by atoms with Crippen molar-refractivity contribution in [1.29, 1.82) is 0 Å². The van der Waals surface area contributed by atoms with E-state index in [4.69, 9.17) is 14.2 Å². The molecule has 0 aliphatic carbocycles. The summed E-state index contributed by atoms with van der Waals surface area (Å²) in [5, 5.41) is 0. The molecule has 1 unspecified atom stereocenters. The lowest BCUT2D eigenvalue weighted by molar-refractivity contribution is -0.135. The van der Waals surface area contributed by atoms with E-state index >= 15 is 0 Å². The molecule has 1 aliphatic rings. The average Bonchev–Trinajstić information content (AvgIpc) is 2.53. The summed E-state index contributed by atoms with van der Waals surface area (Å²) in [6.45, 7) is 5.23. The Balaban J connectivity index is 2.10. The number of benzene rings is 2. The molecule has 25 heavy (non-hydrogen) atoms. The number of rotatable bonds is 3. The minimum absolute atomic E-state index is 0.128. The van der Waals surface area contributed by atoms with Gasteiger partial charge in [0.1, 0.15) is 17.2 Å². The fraction of sp³-hybridized carbons (Fsp3) is 0.300. The Morgan fingerprint density at radius 1 is 1.16 bits per heavy atom. The van der Waals surface area contributed by atoms with E-state index < -0.39 is 5.97 Å². The maximum absolute atomic E-state index is 12.1. The number of esters is 2. The van der Waals surface area contributed by atoms with Crippen LogP contribution in [0.1, 0.15) is 41.5 Å². The predicted molar refractivity (Wildman–Crippen MR) is 92.3 cm³/mol. The molecule has 2 aromatic carbocycles. The fourth-order valence-electron chi connectivity index (χ4n) is 3.26. The molecule has 2 aromatic rings. The van der Waals surface area contributed by atoms with E-state index in [1.807, 2.05) is 32.0 Å². The molecule has 0 radical (unpaired) electrons. The second kappa shape index (κ2) is 6.59. The van der Waals surface area contributed by atoms with Crippen molar-refractivity contribution in [3.63, 3.8) is 0 Å². The van der Waals surface area contributed by atoms with Crippen LogP contribution in [0.5, 0.6) is 17.2 Å². The Bertz CT molecular complexity index is 853. The van der Waals surface area contributed by atoms with Crippen LogP contribution in [0.15, 0.2) is 30.3 Å². The van der Waals surface area contributed by atoms with Crippen molar-refractivity contribution < 1.29 is 23.8 Å². The largest absolute Gasteiger partial charge is 0.496 e. The molecular weight excluding hydrogens is 320 g/mol. The normalized spacial score (nSPS) is 16.0. The molecule has 3 rings (SSSR count). The minimum atomic E-state index is -0.415. The van der Waals surface area contributed by atoms with Gasteiger partial charge in [-0.25, -0.2) is 0 Å². The average molecular weight is 340 g/mol. The summed E-state index contributed by atoms with van der Waals surface area (Å²) in [6.07, 6.45) is 0.257. The monoisotopic (exact) mass is 340 g/mol. The first-order chi connectivity index (χ1) is 11.9. The van der Waals surface area contributed by atoms with Crippen LogP contribution in [0.2, 0.25) is 0 Å². The van der Waals surface area contributed by atoms with Gasteiger partial charge in [-0.2, -0.15) is 0 Å². The highest BCUT2D eigenvalue weighted by molar-refractivity contribution is 5.79. The third-order valence-corrected chi connectivity index (χ3v) is 4.36. The zero-order valence-corrected chi connectivity index (χ0v) is 14.7. The third kappa shape index (κ3) is 3.36. The molecule has 5 nitrogen and oxygen atoms in total. The Hall–Kier alpha value is -2.82. The second-order valence-electron chi connectivity index (χ2n) is 6.21. The van der Waals surface area contributed by atoms with Gasteiger partial charge in [0.05, 0.1) is 13.5 Å². The van der Waals surface area contributed by atoms with Gasteiger partial charge in [0.2, 0.25) is 0 Å². The Kier molecular flexibility index (Phi) is 4.49. The van der Waals surface area contributed by atoms with Crippen molar-refractivity contribution in [1.82, 2.24) is 0 Å². The van der Waals surface area contributed by atoms with Gasteiger partial charge in [0, 0.05) is 24.5 Å². The number of hydrogen-bond acceptors (Lipinski definition) is 5. The van der Waals surface area contributed by atoms with E-state index in [1.54, 1.807) is 19.2 Å². The Morgan fingerprint density at radius 2 is 1.92 bits per heavy atom. The molecule has 5 heteroatoms. The summed E-state index contributed by atoms with van der Waals surface area (Å²) < 4.78 is 16.0. The number of hydrogen-bond donors (Lipinski definition) is 0. The summed E-state index contributed by atoms with van der Waals surface area (Å²) >= 11 is 0. The lowest BCUT2D eigenvalue weighted by Crippen LogP contribution is -2.22. The molecule has 1 aliphatic heterocycles. The fourth-order valence-corrected chi connectivity index (χ4v) is 3.26. The van der Waals surface area contributed by atoms with Crippen LogP contribution in [0, 0.1) is 13.8 Å². The highest BCUT2D eigenvalue weighted by atomic mass is 16.5. The van der Waals surface area contributed by atoms with E-state index in [2.05, 4.69) is 0 Å². The summed E-state index contributed by atoms with van der Waals surface area (Å²) in [4.78, 5) is 23.3. The van der Waals surface area contributed by atoms with E-state index in [0.717, 1.165) is 28.0 Å². The predicted octanol–water partition coefficient (Wildman–Crippen LogP) is 3.68. The summed E-state index contributed by atoms with van der Waals surface area (Å²) in [5.74, 6) is 0.748. The molecule has 0 saturated carbocycles. The molecular formula is C20H20O5. The summed E-state index contributed by atoms with van der Waals surface area (Å²) in [7, 11) is 1.63. The number of carbonyl (C=O) groups is 2. The van der Waals surface area contributed by atoms with Crippen molar-refractivity contribution in [2.75, 3.05) is 7.11 Å². The second-order valence-corrected chi connectivity index (χ2v) is 6.21. The van der Waals surface area contributed by atoms with Crippen molar-refractivity contribution in [2.45, 2.75) is 33.1 Å². The van der Waals surface area contributed by atoms with Crippen LogP contribution >= 0.6 is 0 Å². The molecule has 0 saturated heterocycles. The van der Waals surface area contributed by atoms with Crippen LogP contribution in [-0.2, 0) is 9.59 Å². The van der Waals surface area contributed by atoms with Gasteiger partial charge in [-0.05, 0) is 42.7 Å². The highest BCUT2D eigenvalue weighted by Gasteiger charge is 2.31. The number of methoxy groups -OCH3 is 1. The molecule has 0 N–H and O–H groups in total. The first-order valence-electron chi connectivity index (χ1n) is 8.07. The van der Waals surface area contributed by atoms with E-state index in [-0.39, 0.29) is 18.3 Å². The number of carbonyl (C=O) groups excluding carboxylic acids is 2. The van der Waals surface area contributed by atoms with Crippen molar-refractivity contribution in [2.24, 2.45) is 0 Å². The third-order valence-electron chi connectivity index (χ3n) is 4.36. The molecule has 1 heterocycles. The van der Waals surface area contributed by atoms with Crippen molar-refractivity contribution in [3.8, 4) is 17.2 Å². The van der Waals surface area contributed by atoms with E-state index in [9.17, 15) is 9.59 Å². The molecule has 1 atom stereocenters. The topological polar surface area (TPSA) is 61.8 Å². The quantitative estimate of drug-likeness (QED) is 0.630. The van der Waals surface area contributed by atoms with Gasteiger partial charge >= 0.3 is 11.9 Å². The van der Waals surface area contributed by atoms with Gasteiger partial charge in [0.25, 0.3) is 0 Å². The SMILES string of the molecule is COc1cc(C2CC(=O)Oc3cc(OC(C)=O)cc(C)c32)ccc1C. The smallest absolute Gasteiger partial charge is 0.312 e. The summed E-state index contributed by atoms with van der Waals surface area (Å²) in [6, 6.07) is 9.33. The number of aryl methyl sites for hydroxylation is 2. The minimum Gasteiger partial charge on any atom is -0.496 e. The molecule has 130 valence electrons. The van der Waals surface area contributed by atoms with Gasteiger partial charge in [-0.3, -0.25) is 9.59 Å². The van der Waals surface area contributed by atoms with Gasteiger partial charge in [0.15, 0.2) is 0 Å². The van der Waals surface area contributed by atoms with Crippen LogP contribution in [-0.4, -0.2) is 19.0 Å². The lowest BCUT2D eigenvalue weighted by Gasteiger charge is -2.27. The first-order valence-corrected chi connectivity index (χ1v) is 8.07. The molecule has 0 amide bonds. The zero-order chi connectivity index (χ0) is 18.1. The van der Waals surface area contributed by atoms with Gasteiger partial charge in [-0.15, -0.1) is 0 Å². The van der Waals surface area contributed by atoms with Crippen molar-refractivity contribution in [3.05, 3.63) is 52.6 Å². The molecule has 0 fully saturated rings. The maximum atomic E-state index is 12.1. The summed E-state index contributed by atoms with van der Waals surface area (Å²) in [5.41, 5.74) is 3.86. The molecule has 0 aromatic heterocycles. The van der Waals surface area contributed by atoms with Crippen LogP contribution in [0.25, 0.3) is 0 Å². The lowest BCUT2D eigenvalue weighted by atomic mass is 9.83. The Morgan fingerprint density at radius 3 is 2.60 bits per heavy atom. The van der Waals surface area contributed by atoms with Crippen LogP contribution in [0.3, 0.4) is 0 Å². The first kappa shape index (κ1) is 17.0. The Labute approximate surface area is 146 Å². The number of ether oxygens (including phenoxy) is 3. The molecule has 0 spiro atoms. The standard InChI is InChI=1S/C20H20O5/c1-11-5-6-14(8-17(11)23-4)16-10-19(22)25-18-9-15(24-13(3)21)7-12(2)20(16)18/h5-9,16H,10H2,1-4H3. The molecule has 0 bridgehead atoms. The maximum Gasteiger partial charge on any atom is 0.312 e. The highest BCUT2D eigenvalue weighted by Crippen LogP contribution is 2.43. The zero-order valence-electron chi connectivity index (χ0n) is 14.7. The van der Waals surface area contributed by atoms with Gasteiger partial charge in [-0.1, -0.05) is 12.1 Å². The van der Waals surface area contributed by atoms with Crippen LogP contribution in [0.4, 0.5) is 0 Å². The van der Waals surface area contributed by atoms with Crippen LogP contribution < -0.4 is 14.2 Å².